The van der Waals surface area contributed by atoms with Crippen LogP contribution in [0.15, 0.2) is 25.3 Å². The van der Waals surface area contributed by atoms with Crippen LogP contribution in [0.1, 0.15) is 13.3 Å². The van der Waals surface area contributed by atoms with Gasteiger partial charge < -0.3 is 20.1 Å². The topological polar surface area (TPSA) is 145 Å². The van der Waals surface area contributed by atoms with E-state index >= 15 is 0 Å². The van der Waals surface area contributed by atoms with E-state index in [1.165, 1.54) is 0 Å². The quantitative estimate of drug-likeness (QED) is 0.239. The molecule has 0 radical (unpaired) electrons. The minimum atomic E-state index is -4.67. The first-order valence-electron chi connectivity index (χ1n) is 5.98. The number of aliphatic hydroxyl groups excluding tert-OH is 3. The molecule has 8 nitrogen and oxygen atoms in total. The van der Waals surface area contributed by atoms with Crippen LogP contribution in [0.25, 0.3) is 0 Å². The number of hydrogen-bond donors (Lipinski definition) is 5. The van der Waals surface area contributed by atoms with Crippen LogP contribution in [0.5, 0.6) is 0 Å². The first kappa shape index (κ1) is 25.2. The molecule has 0 fully saturated rings. The van der Waals surface area contributed by atoms with Crippen molar-refractivity contribution >= 4 is 10.4 Å². The summed E-state index contributed by atoms with van der Waals surface area (Å²) in [6.07, 6.45) is 4.02. The average Bonchev–Trinajstić information content (AvgIpc) is 2.42. The number of aliphatic hydroxyl groups is 3. The van der Waals surface area contributed by atoms with E-state index in [1.54, 1.807) is 12.2 Å². The Bertz CT molecular complexity index is 302. The van der Waals surface area contributed by atoms with Gasteiger partial charge in [0.05, 0.1) is 33.0 Å². The summed E-state index contributed by atoms with van der Waals surface area (Å²) in [6.45, 7) is 9.53. The molecule has 5 N–H and O–H groups in total. The molecular weight excluding hydrogens is 304 g/mol. The summed E-state index contributed by atoms with van der Waals surface area (Å²) in [5.74, 6) is 0. The predicted molar refractivity (Wildman–Crippen MR) is 79.4 cm³/mol. The van der Waals surface area contributed by atoms with Gasteiger partial charge in [-0.3, -0.25) is 9.11 Å². The molecule has 0 spiro atoms. The van der Waals surface area contributed by atoms with Gasteiger partial charge in [-0.25, -0.2) is 0 Å². The van der Waals surface area contributed by atoms with Crippen LogP contribution < -0.4 is 0 Å². The van der Waals surface area contributed by atoms with Crippen LogP contribution in [0.2, 0.25) is 0 Å². The summed E-state index contributed by atoms with van der Waals surface area (Å²) in [7, 11) is -4.67. The highest BCUT2D eigenvalue weighted by Gasteiger charge is 2.24. The Kier molecular flexibility index (Phi) is 18.7. The van der Waals surface area contributed by atoms with Crippen LogP contribution in [-0.4, -0.2) is 65.9 Å². The molecular formula is C12H26O8S. The highest BCUT2D eigenvalue weighted by Crippen LogP contribution is 2.18. The van der Waals surface area contributed by atoms with Crippen LogP contribution in [0, 0.1) is 5.41 Å². The summed E-state index contributed by atoms with van der Waals surface area (Å²) in [4.78, 5) is 0. The SMILES string of the molecule is C=CCOCC=C.CCC(CO)(CO)CO.O=S(=O)(O)O. The Morgan fingerprint density at radius 3 is 1.38 bits per heavy atom. The molecule has 0 amide bonds. The minimum absolute atomic E-state index is 0.156. The van der Waals surface area contributed by atoms with Gasteiger partial charge in [0, 0.05) is 5.41 Å². The van der Waals surface area contributed by atoms with Crippen molar-refractivity contribution in [2.75, 3.05) is 33.0 Å². The molecule has 9 heteroatoms. The molecule has 0 aliphatic carbocycles. The summed E-state index contributed by atoms with van der Waals surface area (Å²) in [5, 5.41) is 26.0. The zero-order valence-corrected chi connectivity index (χ0v) is 13.0. The van der Waals surface area contributed by atoms with E-state index in [0.29, 0.717) is 19.6 Å². The average molecular weight is 330 g/mol. The second-order valence-electron chi connectivity index (χ2n) is 3.89. The normalized spacial score (nSPS) is 10.6. The van der Waals surface area contributed by atoms with Crippen molar-refractivity contribution in [1.29, 1.82) is 0 Å². The maximum Gasteiger partial charge on any atom is 0.394 e. The monoisotopic (exact) mass is 330 g/mol. The Balaban J connectivity index is -0.000000242. The molecule has 0 aliphatic heterocycles. The molecule has 0 rings (SSSR count). The lowest BCUT2D eigenvalue weighted by atomic mass is 9.88. The fraction of sp³-hybridized carbons (Fsp3) is 0.667. The van der Waals surface area contributed by atoms with Gasteiger partial charge in [0.25, 0.3) is 0 Å². The first-order chi connectivity index (χ1) is 9.66. The molecule has 0 unspecified atom stereocenters. The van der Waals surface area contributed by atoms with Gasteiger partial charge in [0.1, 0.15) is 0 Å². The zero-order chi connectivity index (χ0) is 17.4. The van der Waals surface area contributed by atoms with Crippen molar-refractivity contribution in [3.8, 4) is 0 Å². The van der Waals surface area contributed by atoms with Gasteiger partial charge in [0.2, 0.25) is 0 Å². The second-order valence-corrected chi connectivity index (χ2v) is 4.79. The molecule has 0 aromatic carbocycles. The minimum Gasteiger partial charge on any atom is -0.396 e. The number of hydrogen-bond acceptors (Lipinski definition) is 6. The van der Waals surface area contributed by atoms with E-state index in [9.17, 15) is 0 Å². The van der Waals surface area contributed by atoms with E-state index in [2.05, 4.69) is 13.2 Å². The molecule has 128 valence electrons. The van der Waals surface area contributed by atoms with E-state index in [-0.39, 0.29) is 19.8 Å². The lowest BCUT2D eigenvalue weighted by molar-refractivity contribution is 0.00304. The molecule has 0 bridgehead atoms. The van der Waals surface area contributed by atoms with Crippen molar-refractivity contribution in [3.63, 3.8) is 0 Å². The number of rotatable bonds is 8. The summed E-state index contributed by atoms with van der Waals surface area (Å²) in [6, 6.07) is 0. The largest absolute Gasteiger partial charge is 0.396 e. The Morgan fingerprint density at radius 1 is 1.00 bits per heavy atom. The molecule has 0 heterocycles. The van der Waals surface area contributed by atoms with Crippen molar-refractivity contribution < 1.29 is 37.6 Å². The van der Waals surface area contributed by atoms with Crippen LogP contribution in [-0.2, 0) is 15.1 Å². The molecule has 21 heavy (non-hydrogen) atoms. The predicted octanol–water partition coefficient (Wildman–Crippen LogP) is 0.0819. The van der Waals surface area contributed by atoms with Crippen molar-refractivity contribution in [3.05, 3.63) is 25.3 Å². The molecule has 0 aromatic heterocycles. The molecule has 0 saturated heterocycles. The summed E-state index contributed by atoms with van der Waals surface area (Å²) >= 11 is 0. The van der Waals surface area contributed by atoms with Crippen LogP contribution >= 0.6 is 0 Å². The van der Waals surface area contributed by atoms with E-state index in [0.717, 1.165) is 0 Å². The maximum absolute atomic E-state index is 8.74. The van der Waals surface area contributed by atoms with Gasteiger partial charge in [0.15, 0.2) is 0 Å². The lowest BCUT2D eigenvalue weighted by Gasteiger charge is -2.24. The molecule has 0 atom stereocenters. The highest BCUT2D eigenvalue weighted by molar-refractivity contribution is 7.79. The van der Waals surface area contributed by atoms with Crippen molar-refractivity contribution in [2.24, 2.45) is 5.41 Å². The third-order valence-electron chi connectivity index (χ3n) is 2.23. The second kappa shape index (κ2) is 15.6. The van der Waals surface area contributed by atoms with E-state index < -0.39 is 15.8 Å². The van der Waals surface area contributed by atoms with E-state index in [1.807, 2.05) is 6.92 Å². The van der Waals surface area contributed by atoms with E-state index in [4.69, 9.17) is 37.6 Å². The first-order valence-corrected chi connectivity index (χ1v) is 7.38. The van der Waals surface area contributed by atoms with Gasteiger partial charge >= 0.3 is 10.4 Å². The van der Waals surface area contributed by atoms with Crippen molar-refractivity contribution in [1.82, 2.24) is 0 Å². The third-order valence-corrected chi connectivity index (χ3v) is 2.23. The van der Waals surface area contributed by atoms with Gasteiger partial charge in [-0.15, -0.1) is 13.2 Å². The fourth-order valence-electron chi connectivity index (χ4n) is 0.720. The highest BCUT2D eigenvalue weighted by atomic mass is 32.3. The Labute approximate surface area is 126 Å². The van der Waals surface area contributed by atoms with Gasteiger partial charge in [-0.2, -0.15) is 8.42 Å². The lowest BCUT2D eigenvalue weighted by Crippen LogP contribution is -2.32. The summed E-state index contributed by atoms with van der Waals surface area (Å²) in [5.41, 5.74) is -0.667. The number of ether oxygens (including phenoxy) is 1. The molecule has 0 aromatic rings. The Hall–Kier alpha value is -0.810. The standard InChI is InChI=1S/C6H14O3.C6H10O.H2O4S/c1-2-6(3-7,4-8)5-9;1-3-5-7-6-4-2;1-5(2,3)4/h7-9H,2-5H2,1H3;3-4H,1-2,5-6H2;(H2,1,2,3,4). The van der Waals surface area contributed by atoms with Crippen molar-refractivity contribution in [2.45, 2.75) is 13.3 Å². The third kappa shape index (κ3) is 24.6. The van der Waals surface area contributed by atoms with Gasteiger partial charge in [-0.05, 0) is 6.42 Å². The molecule has 0 aliphatic rings. The fourth-order valence-corrected chi connectivity index (χ4v) is 0.720. The summed E-state index contributed by atoms with van der Waals surface area (Å²) < 4.78 is 36.5. The molecule has 0 saturated carbocycles. The zero-order valence-electron chi connectivity index (χ0n) is 12.2. The Morgan fingerprint density at radius 2 is 1.29 bits per heavy atom. The van der Waals surface area contributed by atoms with Crippen LogP contribution in [0.4, 0.5) is 0 Å². The smallest absolute Gasteiger partial charge is 0.394 e. The van der Waals surface area contributed by atoms with Crippen LogP contribution in [0.3, 0.4) is 0 Å². The maximum atomic E-state index is 8.74. The van der Waals surface area contributed by atoms with Gasteiger partial charge in [-0.1, -0.05) is 19.1 Å².